The number of nitrogens with zero attached hydrogens (tertiary/aromatic N) is 2. The lowest BCUT2D eigenvalue weighted by Crippen LogP contribution is -1.90. The molecule has 0 fully saturated rings. The molecule has 0 aromatic carbocycles. The van der Waals surface area contributed by atoms with Crippen molar-refractivity contribution < 1.29 is 4.74 Å². The van der Waals surface area contributed by atoms with Gasteiger partial charge in [0.15, 0.2) is 0 Å². The maximum atomic E-state index is 5.19. The Morgan fingerprint density at radius 3 is 3.17 bits per heavy atom. The lowest BCUT2D eigenvalue weighted by molar-refractivity contribution is 0.417. The van der Waals surface area contributed by atoms with Crippen molar-refractivity contribution in [3.63, 3.8) is 0 Å². The molecule has 61 valence electrons. The van der Waals surface area contributed by atoms with Crippen molar-refractivity contribution in [3.05, 3.63) is 24.5 Å². The van der Waals surface area contributed by atoms with Crippen LogP contribution in [0.25, 0.3) is 11.0 Å². The maximum absolute atomic E-state index is 5.19. The van der Waals surface area contributed by atoms with Crippen molar-refractivity contribution in [2.75, 3.05) is 7.11 Å². The molecule has 0 N–H and O–H groups in total. The van der Waals surface area contributed by atoms with Crippen LogP contribution in [0, 0.1) is 6.07 Å². The van der Waals surface area contributed by atoms with Gasteiger partial charge in [-0.25, -0.2) is 0 Å². The van der Waals surface area contributed by atoms with E-state index in [9.17, 15) is 0 Å². The van der Waals surface area contributed by atoms with Gasteiger partial charge in [-0.15, -0.1) is 0 Å². The van der Waals surface area contributed by atoms with E-state index in [1.54, 1.807) is 13.3 Å². The molecule has 0 bridgehead atoms. The molecule has 0 spiro atoms. The molecule has 0 aliphatic carbocycles. The van der Waals surface area contributed by atoms with Crippen molar-refractivity contribution >= 4 is 11.0 Å². The third-order valence-corrected chi connectivity index (χ3v) is 1.85. The Kier molecular flexibility index (Phi) is 1.50. The van der Waals surface area contributed by atoms with Crippen LogP contribution in [0.2, 0.25) is 0 Å². The highest BCUT2D eigenvalue weighted by Gasteiger charge is 2.04. The molecular formula is C9H9N2O. The Bertz CT molecular complexity index is 406. The summed E-state index contributed by atoms with van der Waals surface area (Å²) in [5.74, 6) is 0.837. The first-order valence-electron chi connectivity index (χ1n) is 3.68. The molecule has 2 rings (SSSR count). The summed E-state index contributed by atoms with van der Waals surface area (Å²) in [7, 11) is 3.60. The molecule has 2 heterocycles. The quantitative estimate of drug-likeness (QED) is 0.631. The number of hydrogen-bond donors (Lipinski definition) is 0. The number of aromatic nitrogens is 2. The summed E-state index contributed by atoms with van der Waals surface area (Å²) in [6.07, 6.45) is 3.57. The fourth-order valence-corrected chi connectivity index (χ4v) is 1.27. The number of fused-ring (bicyclic) bond motifs is 1. The average molecular weight is 161 g/mol. The molecule has 0 atom stereocenters. The van der Waals surface area contributed by atoms with Crippen molar-refractivity contribution in [2.24, 2.45) is 7.05 Å². The van der Waals surface area contributed by atoms with Gasteiger partial charge < -0.3 is 9.30 Å². The third kappa shape index (κ3) is 0.863. The molecule has 2 aromatic rings. The van der Waals surface area contributed by atoms with Gasteiger partial charge in [0, 0.05) is 31.6 Å². The summed E-state index contributed by atoms with van der Waals surface area (Å²) < 4.78 is 7.13. The van der Waals surface area contributed by atoms with E-state index >= 15 is 0 Å². The predicted molar refractivity (Wildman–Crippen MR) is 46.1 cm³/mol. The Labute approximate surface area is 70.6 Å². The number of ether oxygens (including phenoxy) is 1. The lowest BCUT2D eigenvalue weighted by Gasteiger charge is -2.02. The average Bonchev–Trinajstić information content (AvgIpc) is 2.48. The molecule has 0 aliphatic heterocycles. The van der Waals surface area contributed by atoms with Crippen LogP contribution >= 0.6 is 0 Å². The summed E-state index contributed by atoms with van der Waals surface area (Å²) >= 11 is 0. The number of hydrogen-bond acceptors (Lipinski definition) is 2. The van der Waals surface area contributed by atoms with Crippen LogP contribution in [-0.4, -0.2) is 16.7 Å². The molecule has 0 amide bonds. The number of methoxy groups -OCH3 is 1. The normalized spacial score (nSPS) is 10.5. The standard InChI is InChI=1S/C9H9N2O/c1-11-6-4-7-9(11)8(12-2)3-5-10-7/h3,5-6H,1-2H3. The third-order valence-electron chi connectivity index (χ3n) is 1.85. The van der Waals surface area contributed by atoms with E-state index in [4.69, 9.17) is 4.74 Å². The zero-order valence-electron chi connectivity index (χ0n) is 7.03. The van der Waals surface area contributed by atoms with Gasteiger partial charge in [-0.05, 0) is 0 Å². The first kappa shape index (κ1) is 7.16. The summed E-state index contributed by atoms with van der Waals surface area (Å²) in [5, 5.41) is 0. The molecule has 0 aliphatic rings. The molecule has 2 aromatic heterocycles. The summed E-state index contributed by atoms with van der Waals surface area (Å²) in [6.45, 7) is 0. The van der Waals surface area contributed by atoms with Crippen LogP contribution in [0.4, 0.5) is 0 Å². The zero-order valence-corrected chi connectivity index (χ0v) is 7.03. The minimum absolute atomic E-state index is 0.837. The fourth-order valence-electron chi connectivity index (χ4n) is 1.27. The second-order valence-electron chi connectivity index (χ2n) is 2.59. The fraction of sp³-hybridized carbons (Fsp3) is 0.222. The predicted octanol–water partition coefficient (Wildman–Crippen LogP) is 1.38. The van der Waals surface area contributed by atoms with Crippen molar-refractivity contribution in [2.45, 2.75) is 0 Å². The molecule has 3 nitrogen and oxygen atoms in total. The Hall–Kier alpha value is -1.51. The highest BCUT2D eigenvalue weighted by Crippen LogP contribution is 2.22. The highest BCUT2D eigenvalue weighted by atomic mass is 16.5. The minimum Gasteiger partial charge on any atom is -0.494 e. The molecule has 0 saturated carbocycles. The van der Waals surface area contributed by atoms with Gasteiger partial charge in [0.2, 0.25) is 0 Å². The lowest BCUT2D eigenvalue weighted by atomic mass is 10.3. The van der Waals surface area contributed by atoms with E-state index in [-0.39, 0.29) is 0 Å². The zero-order chi connectivity index (χ0) is 8.55. The summed E-state index contributed by atoms with van der Waals surface area (Å²) in [5.41, 5.74) is 1.83. The van der Waals surface area contributed by atoms with Gasteiger partial charge in [-0.3, -0.25) is 4.98 Å². The number of aryl methyl sites for hydroxylation is 1. The second kappa shape index (κ2) is 2.52. The van der Waals surface area contributed by atoms with E-state index in [0.717, 1.165) is 16.8 Å². The molecule has 0 unspecified atom stereocenters. The SMILES string of the molecule is COc1ccnc2[c]cn(C)c12. The van der Waals surface area contributed by atoms with Gasteiger partial charge in [0.1, 0.15) is 11.3 Å². The Balaban J connectivity index is 2.84. The van der Waals surface area contributed by atoms with Gasteiger partial charge in [-0.2, -0.15) is 0 Å². The first-order valence-corrected chi connectivity index (χ1v) is 3.68. The van der Waals surface area contributed by atoms with Gasteiger partial charge in [0.05, 0.1) is 12.6 Å². The number of rotatable bonds is 1. The monoisotopic (exact) mass is 161 g/mol. The summed E-state index contributed by atoms with van der Waals surface area (Å²) in [4.78, 5) is 4.15. The minimum atomic E-state index is 0.837. The molecular weight excluding hydrogens is 152 g/mol. The highest BCUT2D eigenvalue weighted by molar-refractivity contribution is 5.81. The van der Waals surface area contributed by atoms with Gasteiger partial charge in [0.25, 0.3) is 0 Å². The van der Waals surface area contributed by atoms with Crippen molar-refractivity contribution in [1.82, 2.24) is 9.55 Å². The van der Waals surface area contributed by atoms with E-state index in [1.165, 1.54) is 0 Å². The van der Waals surface area contributed by atoms with Crippen LogP contribution in [-0.2, 0) is 7.05 Å². The van der Waals surface area contributed by atoms with Crippen LogP contribution in [0.5, 0.6) is 5.75 Å². The second-order valence-corrected chi connectivity index (χ2v) is 2.59. The van der Waals surface area contributed by atoms with Crippen LogP contribution in [0.15, 0.2) is 18.5 Å². The van der Waals surface area contributed by atoms with E-state index < -0.39 is 0 Å². The van der Waals surface area contributed by atoms with Crippen LogP contribution in [0.1, 0.15) is 0 Å². The number of pyridine rings is 1. The molecule has 1 radical (unpaired) electrons. The molecule has 0 saturated heterocycles. The van der Waals surface area contributed by atoms with Gasteiger partial charge >= 0.3 is 0 Å². The molecule has 3 heteroatoms. The van der Waals surface area contributed by atoms with Crippen LogP contribution in [0.3, 0.4) is 0 Å². The van der Waals surface area contributed by atoms with Crippen molar-refractivity contribution in [1.29, 1.82) is 0 Å². The van der Waals surface area contributed by atoms with Crippen LogP contribution < -0.4 is 4.74 Å². The Morgan fingerprint density at radius 1 is 1.58 bits per heavy atom. The molecule has 12 heavy (non-hydrogen) atoms. The largest absolute Gasteiger partial charge is 0.494 e. The summed E-state index contributed by atoms with van der Waals surface area (Å²) in [6, 6.07) is 4.88. The Morgan fingerprint density at radius 2 is 2.42 bits per heavy atom. The first-order chi connectivity index (χ1) is 5.83. The van der Waals surface area contributed by atoms with E-state index in [2.05, 4.69) is 11.1 Å². The van der Waals surface area contributed by atoms with Crippen molar-refractivity contribution in [3.8, 4) is 5.75 Å². The maximum Gasteiger partial charge on any atom is 0.146 e. The smallest absolute Gasteiger partial charge is 0.146 e. The van der Waals surface area contributed by atoms with E-state index in [1.807, 2.05) is 23.9 Å². The van der Waals surface area contributed by atoms with E-state index in [0.29, 0.717) is 0 Å². The topological polar surface area (TPSA) is 27.1 Å². The van der Waals surface area contributed by atoms with Gasteiger partial charge in [-0.1, -0.05) is 0 Å².